The van der Waals surface area contributed by atoms with E-state index < -0.39 is 0 Å². The van der Waals surface area contributed by atoms with Crippen LogP contribution in [0.3, 0.4) is 0 Å². The molecule has 4 rings (SSSR count). The summed E-state index contributed by atoms with van der Waals surface area (Å²) in [7, 11) is 0. The van der Waals surface area contributed by atoms with Gasteiger partial charge in [-0.2, -0.15) is 0 Å². The van der Waals surface area contributed by atoms with Crippen LogP contribution in [0, 0.1) is 0 Å². The number of hydroxylamine groups is 1. The highest BCUT2D eigenvalue weighted by Crippen LogP contribution is 2.38. The predicted octanol–water partition coefficient (Wildman–Crippen LogP) is 1.60. The molecule has 0 aliphatic carbocycles. The quantitative estimate of drug-likeness (QED) is 0.754. The van der Waals surface area contributed by atoms with E-state index in [1.54, 1.807) is 0 Å². The first-order valence-electron chi connectivity index (χ1n) is 9.74. The molecule has 0 saturated carbocycles. The van der Waals surface area contributed by atoms with Crippen LogP contribution in [0.25, 0.3) is 10.9 Å². The molecule has 1 fully saturated rings. The van der Waals surface area contributed by atoms with Crippen molar-refractivity contribution in [2.45, 2.75) is 26.3 Å². The number of hydrogen-bond acceptors (Lipinski definition) is 7. The Morgan fingerprint density at radius 2 is 2.07 bits per heavy atom. The van der Waals surface area contributed by atoms with E-state index in [0.29, 0.717) is 48.6 Å². The van der Waals surface area contributed by atoms with Gasteiger partial charge in [-0.25, -0.2) is 5.06 Å². The molecule has 150 valence electrons. The minimum Gasteiger partial charge on any atom is -0.493 e. The number of benzene rings is 1. The maximum absolute atomic E-state index is 12.7. The molecule has 1 aromatic carbocycles. The Labute approximate surface area is 162 Å². The van der Waals surface area contributed by atoms with Gasteiger partial charge in [0, 0.05) is 25.2 Å². The summed E-state index contributed by atoms with van der Waals surface area (Å²) in [6, 6.07) is 4.01. The lowest BCUT2D eigenvalue weighted by Gasteiger charge is -2.30. The Kier molecular flexibility index (Phi) is 5.50. The van der Waals surface area contributed by atoms with Gasteiger partial charge in [-0.05, 0) is 37.5 Å². The van der Waals surface area contributed by atoms with Crippen LogP contribution in [-0.4, -0.2) is 55.8 Å². The van der Waals surface area contributed by atoms with Gasteiger partial charge in [0.1, 0.15) is 5.75 Å². The normalized spacial score (nSPS) is 17.4. The standard InChI is InChI=1S/C20H25N3O5/c1-2-27-17-11-14(12-22-6-8-26-9-7-22)10-16-18(17)19-15(20(25)21-16)4-3-5-23(19)28-13-24/h10-11,13H,2-9,12H2,1H3,(H,21,25). The van der Waals surface area contributed by atoms with E-state index in [9.17, 15) is 9.59 Å². The van der Waals surface area contributed by atoms with Crippen LogP contribution in [0.1, 0.15) is 24.5 Å². The second-order valence-electron chi connectivity index (χ2n) is 7.03. The zero-order valence-electron chi connectivity index (χ0n) is 16.0. The largest absolute Gasteiger partial charge is 0.493 e. The van der Waals surface area contributed by atoms with Crippen LogP contribution in [0.15, 0.2) is 16.9 Å². The molecule has 1 N–H and O–H groups in total. The maximum Gasteiger partial charge on any atom is 0.320 e. The third-order valence-electron chi connectivity index (χ3n) is 5.22. The first-order valence-corrected chi connectivity index (χ1v) is 9.74. The summed E-state index contributed by atoms with van der Waals surface area (Å²) in [5.41, 5.74) is 2.88. The molecule has 2 aliphatic heterocycles. The van der Waals surface area contributed by atoms with Crippen molar-refractivity contribution in [3.05, 3.63) is 33.6 Å². The van der Waals surface area contributed by atoms with Crippen LogP contribution >= 0.6 is 0 Å². The summed E-state index contributed by atoms with van der Waals surface area (Å²) in [6.45, 7) is 7.35. The average molecular weight is 387 g/mol. The van der Waals surface area contributed by atoms with Gasteiger partial charge in [0.25, 0.3) is 5.56 Å². The molecule has 0 radical (unpaired) electrons. The molecule has 28 heavy (non-hydrogen) atoms. The third-order valence-corrected chi connectivity index (χ3v) is 5.22. The van der Waals surface area contributed by atoms with E-state index in [-0.39, 0.29) is 5.56 Å². The Morgan fingerprint density at radius 1 is 1.25 bits per heavy atom. The zero-order chi connectivity index (χ0) is 19.5. The van der Waals surface area contributed by atoms with Crippen molar-refractivity contribution in [1.29, 1.82) is 0 Å². The number of H-pyrrole nitrogens is 1. The lowest BCUT2D eigenvalue weighted by atomic mass is 9.99. The van der Waals surface area contributed by atoms with Crippen molar-refractivity contribution < 1.29 is 19.1 Å². The molecule has 2 aliphatic rings. The van der Waals surface area contributed by atoms with Crippen LogP contribution in [0.4, 0.5) is 5.69 Å². The lowest BCUT2D eigenvalue weighted by Crippen LogP contribution is -2.35. The number of anilines is 1. The zero-order valence-corrected chi connectivity index (χ0v) is 16.0. The van der Waals surface area contributed by atoms with Crippen LogP contribution < -0.4 is 15.4 Å². The number of nitrogens with zero attached hydrogens (tertiary/aromatic N) is 2. The van der Waals surface area contributed by atoms with Crippen molar-refractivity contribution in [2.24, 2.45) is 0 Å². The molecule has 0 bridgehead atoms. The molecular formula is C20H25N3O5. The van der Waals surface area contributed by atoms with Crippen molar-refractivity contribution >= 4 is 23.1 Å². The maximum atomic E-state index is 12.7. The van der Waals surface area contributed by atoms with Gasteiger partial charge in [-0.3, -0.25) is 14.5 Å². The summed E-state index contributed by atoms with van der Waals surface area (Å²) >= 11 is 0. The number of morpholine rings is 1. The predicted molar refractivity (Wildman–Crippen MR) is 105 cm³/mol. The number of aromatic amines is 1. The first kappa shape index (κ1) is 18.8. The molecule has 0 atom stereocenters. The van der Waals surface area contributed by atoms with Crippen LogP contribution in [-0.2, 0) is 27.3 Å². The number of carbonyl (C=O) groups is 1. The van der Waals surface area contributed by atoms with E-state index in [0.717, 1.165) is 50.2 Å². The Balaban J connectivity index is 1.84. The third kappa shape index (κ3) is 3.57. The molecule has 3 heterocycles. The van der Waals surface area contributed by atoms with E-state index >= 15 is 0 Å². The minimum absolute atomic E-state index is 0.146. The van der Waals surface area contributed by atoms with Gasteiger partial charge in [-0.15, -0.1) is 0 Å². The highest BCUT2D eigenvalue weighted by molar-refractivity contribution is 5.98. The average Bonchev–Trinajstić information content (AvgIpc) is 2.69. The highest BCUT2D eigenvalue weighted by Gasteiger charge is 2.26. The summed E-state index contributed by atoms with van der Waals surface area (Å²) < 4.78 is 11.4. The molecule has 1 saturated heterocycles. The monoisotopic (exact) mass is 387 g/mol. The van der Waals surface area contributed by atoms with Crippen molar-refractivity contribution in [2.75, 3.05) is 44.5 Å². The Morgan fingerprint density at radius 3 is 2.82 bits per heavy atom. The summed E-state index contributed by atoms with van der Waals surface area (Å²) in [5.74, 6) is 0.692. The first-order chi connectivity index (χ1) is 13.7. The van der Waals surface area contributed by atoms with Crippen LogP contribution in [0.2, 0.25) is 0 Å². The van der Waals surface area contributed by atoms with Gasteiger partial charge in [0.05, 0.1) is 43.0 Å². The molecule has 0 unspecified atom stereocenters. The Hall–Kier alpha value is -2.58. The number of pyridine rings is 1. The molecular weight excluding hydrogens is 362 g/mol. The van der Waals surface area contributed by atoms with Gasteiger partial charge in [0.2, 0.25) is 0 Å². The van der Waals surface area contributed by atoms with Crippen molar-refractivity contribution in [1.82, 2.24) is 9.88 Å². The highest BCUT2D eigenvalue weighted by atomic mass is 16.7. The van der Waals surface area contributed by atoms with Gasteiger partial charge in [-0.1, -0.05) is 0 Å². The summed E-state index contributed by atoms with van der Waals surface area (Å²) in [4.78, 5) is 34.2. The number of carbonyl (C=O) groups excluding carboxylic acids is 1. The fourth-order valence-electron chi connectivity index (χ4n) is 4.03. The number of nitrogens with one attached hydrogen (secondary N) is 1. The van der Waals surface area contributed by atoms with E-state index in [1.807, 2.05) is 19.1 Å². The molecule has 1 aromatic heterocycles. The number of aromatic nitrogens is 1. The SMILES string of the molecule is CCOc1cc(CN2CCOCC2)cc2[nH]c(=O)c3c(c12)N(OC=O)CCC3. The number of ether oxygens (including phenoxy) is 2. The summed E-state index contributed by atoms with van der Waals surface area (Å²) in [5, 5.41) is 2.29. The molecule has 8 heteroatoms. The second kappa shape index (κ2) is 8.20. The number of hydrogen-bond donors (Lipinski definition) is 1. The van der Waals surface area contributed by atoms with E-state index in [2.05, 4.69) is 9.88 Å². The molecule has 2 aromatic rings. The molecule has 0 spiro atoms. The fraction of sp³-hybridized carbons (Fsp3) is 0.500. The van der Waals surface area contributed by atoms with E-state index in [4.69, 9.17) is 14.3 Å². The summed E-state index contributed by atoms with van der Waals surface area (Å²) in [6.07, 6.45) is 1.38. The van der Waals surface area contributed by atoms with E-state index in [1.165, 1.54) is 5.06 Å². The molecule has 8 nitrogen and oxygen atoms in total. The minimum atomic E-state index is -0.146. The van der Waals surface area contributed by atoms with Crippen LogP contribution in [0.5, 0.6) is 5.75 Å². The smallest absolute Gasteiger partial charge is 0.320 e. The number of fused-ring (bicyclic) bond motifs is 3. The Bertz CT molecular complexity index is 920. The van der Waals surface area contributed by atoms with Crippen molar-refractivity contribution in [3.63, 3.8) is 0 Å². The number of rotatable bonds is 6. The van der Waals surface area contributed by atoms with Gasteiger partial charge < -0.3 is 19.3 Å². The topological polar surface area (TPSA) is 84.1 Å². The second-order valence-corrected chi connectivity index (χ2v) is 7.03. The molecule has 0 amide bonds. The van der Waals surface area contributed by atoms with Crippen molar-refractivity contribution in [3.8, 4) is 5.75 Å². The van der Waals surface area contributed by atoms with Gasteiger partial charge in [0.15, 0.2) is 0 Å². The van der Waals surface area contributed by atoms with Gasteiger partial charge >= 0.3 is 6.47 Å². The lowest BCUT2D eigenvalue weighted by molar-refractivity contribution is -0.130. The fourth-order valence-corrected chi connectivity index (χ4v) is 4.03.